The number of nitrogens with zero attached hydrogens (tertiary/aromatic N) is 3. The summed E-state index contributed by atoms with van der Waals surface area (Å²) in [5.74, 6) is -1.86. The number of hydrogen-bond donors (Lipinski definition) is 2. The molecule has 6 rings (SSSR count). The summed E-state index contributed by atoms with van der Waals surface area (Å²) >= 11 is 6.71. The van der Waals surface area contributed by atoms with Gasteiger partial charge in [-0.15, -0.1) is 0 Å². The maximum Gasteiger partial charge on any atom is 0.335 e. The minimum Gasteiger partial charge on any atom is -0.496 e. The molecule has 0 aromatic heterocycles. The van der Waals surface area contributed by atoms with Crippen molar-refractivity contribution < 1.29 is 43.0 Å². The van der Waals surface area contributed by atoms with Crippen molar-refractivity contribution in [2.24, 2.45) is 0 Å². The summed E-state index contributed by atoms with van der Waals surface area (Å²) < 4.78 is 12.1. The van der Waals surface area contributed by atoms with Crippen LogP contribution >= 0.6 is 31.9 Å². The van der Waals surface area contributed by atoms with Gasteiger partial charge in [0.25, 0.3) is 23.6 Å². The van der Waals surface area contributed by atoms with Gasteiger partial charge in [0.15, 0.2) is 0 Å². The highest BCUT2D eigenvalue weighted by Crippen LogP contribution is 2.30. The number of amides is 9. The number of para-hydroxylation sites is 2. The van der Waals surface area contributed by atoms with Gasteiger partial charge < -0.3 is 14.4 Å². The molecule has 4 aromatic rings. The highest BCUT2D eigenvalue weighted by atomic mass is 79.9. The van der Waals surface area contributed by atoms with Crippen LogP contribution in [0, 0.1) is 13.8 Å². The number of imide groups is 4. The first kappa shape index (κ1) is 43.3. The molecule has 2 aliphatic rings. The highest BCUT2D eigenvalue weighted by Gasteiger charge is 2.38. The van der Waals surface area contributed by atoms with Crippen molar-refractivity contribution in [3.8, 4) is 11.5 Å². The van der Waals surface area contributed by atoms with E-state index in [0.29, 0.717) is 34.0 Å². The number of hydrogen-bond acceptors (Lipinski definition) is 9. The molecule has 2 fully saturated rings. The Morgan fingerprint density at radius 1 is 0.596 bits per heavy atom. The first-order valence-corrected chi connectivity index (χ1v) is 18.4. The Labute approximate surface area is 345 Å². The quantitative estimate of drug-likeness (QED) is 0.118. The van der Waals surface area contributed by atoms with Crippen molar-refractivity contribution in [3.63, 3.8) is 0 Å². The van der Waals surface area contributed by atoms with Gasteiger partial charge in [-0.2, -0.15) is 0 Å². The van der Waals surface area contributed by atoms with E-state index in [9.17, 15) is 33.6 Å². The van der Waals surface area contributed by atoms with E-state index in [1.54, 1.807) is 113 Å². The number of halogens is 2. The van der Waals surface area contributed by atoms with Gasteiger partial charge >= 0.3 is 12.1 Å². The number of barbiturate groups is 2. The maximum atomic E-state index is 12.9. The number of urea groups is 2. The van der Waals surface area contributed by atoms with Gasteiger partial charge in [-0.25, -0.2) is 19.4 Å². The van der Waals surface area contributed by atoms with Crippen LogP contribution in [0.3, 0.4) is 0 Å². The Kier molecular flexibility index (Phi) is 14.8. The first-order chi connectivity index (χ1) is 27.1. The lowest BCUT2D eigenvalue weighted by atomic mass is 10.1. The smallest absolute Gasteiger partial charge is 0.335 e. The number of carbonyl (C=O) groups is 7. The summed E-state index contributed by atoms with van der Waals surface area (Å²) in [7, 11) is 6.37. The van der Waals surface area contributed by atoms with E-state index in [0.717, 1.165) is 36.3 Å². The molecule has 9 amide bonds. The molecule has 0 spiro atoms. The van der Waals surface area contributed by atoms with Gasteiger partial charge in [0.05, 0.1) is 25.6 Å². The summed E-state index contributed by atoms with van der Waals surface area (Å²) in [6, 6.07) is 22.8. The summed E-state index contributed by atoms with van der Waals surface area (Å²) in [6.07, 6.45) is 3.58. The Hall–Kier alpha value is -6.39. The van der Waals surface area contributed by atoms with Gasteiger partial charge in [0.1, 0.15) is 22.6 Å². The highest BCUT2D eigenvalue weighted by molar-refractivity contribution is 9.10. The van der Waals surface area contributed by atoms with Crippen LogP contribution < -0.4 is 29.9 Å². The number of methoxy groups -OCH3 is 2. The minimum absolute atomic E-state index is 0.149. The number of carbonyl (C=O) groups excluding carboxylic acids is 7. The zero-order valence-electron chi connectivity index (χ0n) is 31.6. The molecule has 0 saturated carbocycles. The number of benzene rings is 4. The van der Waals surface area contributed by atoms with Gasteiger partial charge in [0, 0.05) is 34.2 Å². The topological polar surface area (TPSA) is 172 Å². The molecule has 57 heavy (non-hydrogen) atoms. The van der Waals surface area contributed by atoms with E-state index in [4.69, 9.17) is 9.47 Å². The lowest BCUT2D eigenvalue weighted by Gasteiger charge is -2.27. The Bertz CT molecular complexity index is 2170. The number of anilines is 2. The van der Waals surface area contributed by atoms with Crippen molar-refractivity contribution in [2.75, 3.05) is 38.1 Å². The van der Waals surface area contributed by atoms with Gasteiger partial charge in [-0.1, -0.05) is 68.3 Å². The zero-order valence-corrected chi connectivity index (χ0v) is 34.8. The SMILES string of the molecule is CN(C)C=O.COc1ccc(Br)cc1/C=C1\C(=O)NC(=O)N(c2ccccc2C)C1=O.COc1ccc(Br)cc1/C=C1\C(=O)NC(=O)N(c2ccccc2C)C1=O. The minimum atomic E-state index is -0.771. The fraction of sp³-hybridized carbons (Fsp3) is 0.146. The van der Waals surface area contributed by atoms with Crippen molar-refractivity contribution in [3.05, 3.63) is 127 Å². The first-order valence-electron chi connectivity index (χ1n) is 16.8. The average Bonchev–Trinajstić information content (AvgIpc) is 3.17. The van der Waals surface area contributed by atoms with Crippen LogP contribution in [-0.4, -0.2) is 75.3 Å². The van der Waals surface area contributed by atoms with Crippen molar-refractivity contribution >= 4 is 97.5 Å². The summed E-state index contributed by atoms with van der Waals surface area (Å²) in [6.45, 7) is 3.57. The Balaban J connectivity index is 0.000000226. The molecule has 2 aliphatic heterocycles. The van der Waals surface area contributed by atoms with E-state index in [-0.39, 0.29) is 11.1 Å². The van der Waals surface area contributed by atoms with E-state index in [1.807, 2.05) is 0 Å². The predicted octanol–water partition coefficient (Wildman–Crippen LogP) is 6.57. The molecule has 0 atom stereocenters. The standard InChI is InChI=1S/2C19H15BrN2O4.C3H7NO/c2*1-11-5-3-4-6-15(11)22-18(24)14(17(23)21-19(22)25)10-12-9-13(20)7-8-16(12)26-2;1-4(2)3-5/h2*3-10H,1-2H3,(H,21,23,25);3H,1-2H3/b2*14-10+;. The monoisotopic (exact) mass is 901 g/mol. The van der Waals surface area contributed by atoms with Crippen LogP contribution in [0.5, 0.6) is 11.5 Å². The lowest BCUT2D eigenvalue weighted by molar-refractivity contribution is -0.124. The summed E-state index contributed by atoms with van der Waals surface area (Å²) in [5.41, 5.74) is 3.12. The number of nitrogens with one attached hydrogen (secondary N) is 2. The van der Waals surface area contributed by atoms with Crippen LogP contribution in [0.4, 0.5) is 21.0 Å². The van der Waals surface area contributed by atoms with Crippen LogP contribution in [-0.2, 0) is 24.0 Å². The average molecular weight is 904 g/mol. The molecule has 2 saturated heterocycles. The fourth-order valence-electron chi connectivity index (χ4n) is 5.33. The Morgan fingerprint density at radius 2 is 0.947 bits per heavy atom. The molecule has 14 nitrogen and oxygen atoms in total. The number of rotatable bonds is 7. The van der Waals surface area contributed by atoms with E-state index >= 15 is 0 Å². The van der Waals surface area contributed by atoms with Gasteiger partial charge in [0.2, 0.25) is 6.41 Å². The normalized spacial score (nSPS) is 15.2. The maximum absolute atomic E-state index is 12.9. The predicted molar refractivity (Wildman–Crippen MR) is 222 cm³/mol. The number of ether oxygens (including phenoxy) is 2. The molecular weight excluding hydrogens is 866 g/mol. The third kappa shape index (κ3) is 10.5. The molecule has 294 valence electrons. The van der Waals surface area contributed by atoms with Crippen molar-refractivity contribution in [2.45, 2.75) is 13.8 Å². The summed E-state index contributed by atoms with van der Waals surface area (Å²) in [5, 5.41) is 4.43. The van der Waals surface area contributed by atoms with Crippen molar-refractivity contribution in [1.29, 1.82) is 0 Å². The van der Waals surface area contributed by atoms with Gasteiger partial charge in [-0.05, 0) is 85.7 Å². The lowest BCUT2D eigenvalue weighted by Crippen LogP contribution is -2.54. The van der Waals surface area contributed by atoms with Gasteiger partial charge in [-0.3, -0.25) is 34.6 Å². The Morgan fingerprint density at radius 3 is 1.26 bits per heavy atom. The molecule has 0 aliphatic carbocycles. The molecular formula is C41H37Br2N5O9. The fourth-order valence-corrected chi connectivity index (χ4v) is 6.09. The van der Waals surface area contributed by atoms with E-state index in [1.165, 1.54) is 31.3 Å². The molecule has 0 bridgehead atoms. The number of aryl methyl sites for hydroxylation is 2. The van der Waals surface area contributed by atoms with Crippen LogP contribution in [0.15, 0.2) is 105 Å². The van der Waals surface area contributed by atoms with E-state index < -0.39 is 35.7 Å². The van der Waals surface area contributed by atoms with Crippen LogP contribution in [0.25, 0.3) is 12.2 Å². The zero-order chi connectivity index (χ0) is 42.0. The third-order valence-electron chi connectivity index (χ3n) is 8.11. The van der Waals surface area contributed by atoms with E-state index in [2.05, 4.69) is 42.5 Å². The second kappa shape index (κ2) is 19.5. The molecule has 2 N–H and O–H groups in total. The summed E-state index contributed by atoms with van der Waals surface area (Å²) in [4.78, 5) is 87.7. The molecule has 2 heterocycles. The molecule has 0 unspecified atom stereocenters. The van der Waals surface area contributed by atoms with Crippen molar-refractivity contribution in [1.82, 2.24) is 15.5 Å². The van der Waals surface area contributed by atoms with Crippen LogP contribution in [0.1, 0.15) is 22.3 Å². The second-order valence-corrected chi connectivity index (χ2v) is 14.2. The second-order valence-electron chi connectivity index (χ2n) is 12.3. The molecule has 0 radical (unpaired) electrons. The molecule has 4 aromatic carbocycles. The third-order valence-corrected chi connectivity index (χ3v) is 9.10. The van der Waals surface area contributed by atoms with Crippen LogP contribution in [0.2, 0.25) is 0 Å². The largest absolute Gasteiger partial charge is 0.496 e. The molecule has 16 heteroatoms.